The van der Waals surface area contributed by atoms with E-state index in [0.29, 0.717) is 13.1 Å². The topological polar surface area (TPSA) is 52.7 Å². The Kier molecular flexibility index (Phi) is 4.07. The highest BCUT2D eigenvalue weighted by atomic mass is 32.2. The smallest absolute Gasteiger partial charge is 0.282 e. The van der Waals surface area contributed by atoms with Crippen molar-refractivity contribution >= 4 is 10.2 Å². The Hall–Kier alpha value is -0.170. The average molecular weight is 261 g/mol. The van der Waals surface area contributed by atoms with Crippen LogP contribution in [0.2, 0.25) is 0 Å². The van der Waals surface area contributed by atoms with Crippen molar-refractivity contribution in [3.8, 4) is 0 Å². The summed E-state index contributed by atoms with van der Waals surface area (Å²) in [6.45, 7) is 6.76. The Morgan fingerprint density at radius 3 is 2.53 bits per heavy atom. The monoisotopic (exact) mass is 261 g/mol. The van der Waals surface area contributed by atoms with Crippen LogP contribution in [0, 0.1) is 0 Å². The van der Waals surface area contributed by atoms with E-state index >= 15 is 0 Å². The normalized spacial score (nSPS) is 28.3. The van der Waals surface area contributed by atoms with Crippen molar-refractivity contribution in [3.05, 3.63) is 0 Å². The fourth-order valence-corrected chi connectivity index (χ4v) is 4.68. The lowest BCUT2D eigenvalue weighted by molar-refractivity contribution is 0.203. The van der Waals surface area contributed by atoms with Gasteiger partial charge in [-0.2, -0.15) is 17.0 Å². The van der Waals surface area contributed by atoms with Crippen molar-refractivity contribution in [3.63, 3.8) is 0 Å². The molecule has 2 rings (SSSR count). The molecule has 0 aromatic rings. The van der Waals surface area contributed by atoms with E-state index in [2.05, 4.69) is 5.32 Å². The fourth-order valence-electron chi connectivity index (χ4n) is 2.64. The molecule has 5 nitrogen and oxygen atoms in total. The molecule has 0 radical (unpaired) electrons. The highest BCUT2D eigenvalue weighted by Crippen LogP contribution is 2.24. The summed E-state index contributed by atoms with van der Waals surface area (Å²) in [4.78, 5) is 0. The zero-order chi connectivity index (χ0) is 12.5. The second-order valence-electron chi connectivity index (χ2n) is 4.98. The van der Waals surface area contributed by atoms with E-state index < -0.39 is 10.2 Å². The van der Waals surface area contributed by atoms with Crippen LogP contribution in [0.15, 0.2) is 0 Å². The third-order valence-corrected chi connectivity index (χ3v) is 6.10. The molecule has 0 aromatic carbocycles. The summed E-state index contributed by atoms with van der Waals surface area (Å²) in [5.41, 5.74) is 0. The van der Waals surface area contributed by atoms with Gasteiger partial charge in [-0.1, -0.05) is 13.3 Å². The largest absolute Gasteiger partial charge is 0.313 e. The van der Waals surface area contributed by atoms with Gasteiger partial charge in [0.1, 0.15) is 0 Å². The lowest BCUT2D eigenvalue weighted by Gasteiger charge is -2.42. The second kappa shape index (κ2) is 5.22. The predicted octanol–water partition coefficient (Wildman–Crippen LogP) is 0.399. The van der Waals surface area contributed by atoms with E-state index in [1.807, 2.05) is 13.8 Å². The molecule has 2 heterocycles. The number of hydrogen-bond donors (Lipinski definition) is 1. The SMILES string of the molecule is CCN(C1CNC1)S(=O)(=O)N1CCCCC1C. The minimum Gasteiger partial charge on any atom is -0.313 e. The number of nitrogens with one attached hydrogen (secondary N) is 1. The zero-order valence-electron chi connectivity index (χ0n) is 10.7. The minimum absolute atomic E-state index is 0.149. The van der Waals surface area contributed by atoms with Crippen LogP contribution in [0.25, 0.3) is 0 Å². The summed E-state index contributed by atoms with van der Waals surface area (Å²) in [5, 5.41) is 3.14. The molecule has 0 saturated carbocycles. The van der Waals surface area contributed by atoms with Gasteiger partial charge < -0.3 is 5.32 Å². The zero-order valence-corrected chi connectivity index (χ0v) is 11.5. The van der Waals surface area contributed by atoms with E-state index in [0.717, 1.165) is 32.4 Å². The third-order valence-electron chi connectivity index (χ3n) is 3.81. The molecular formula is C11H23N3O2S. The van der Waals surface area contributed by atoms with Gasteiger partial charge in [0, 0.05) is 32.2 Å². The van der Waals surface area contributed by atoms with Gasteiger partial charge in [-0.25, -0.2) is 0 Å². The maximum atomic E-state index is 12.6. The van der Waals surface area contributed by atoms with Crippen LogP contribution in [0.1, 0.15) is 33.1 Å². The van der Waals surface area contributed by atoms with Gasteiger partial charge >= 0.3 is 0 Å². The Bertz CT molecular complexity index is 344. The lowest BCUT2D eigenvalue weighted by Crippen LogP contribution is -2.62. The number of nitrogens with zero attached hydrogens (tertiary/aromatic N) is 2. The van der Waals surface area contributed by atoms with Crippen molar-refractivity contribution in [2.75, 3.05) is 26.2 Å². The van der Waals surface area contributed by atoms with Gasteiger partial charge in [-0.15, -0.1) is 0 Å². The standard InChI is InChI=1S/C11H23N3O2S/c1-3-13(11-8-12-9-11)17(15,16)14-7-5-4-6-10(14)2/h10-12H,3-9H2,1-2H3. The molecule has 17 heavy (non-hydrogen) atoms. The molecule has 0 aromatic heterocycles. The summed E-state index contributed by atoms with van der Waals surface area (Å²) in [6, 6.07) is 0.301. The summed E-state index contributed by atoms with van der Waals surface area (Å²) in [7, 11) is -3.26. The molecule has 1 N–H and O–H groups in total. The molecule has 1 unspecified atom stereocenters. The summed E-state index contributed by atoms with van der Waals surface area (Å²) in [6.07, 6.45) is 3.12. The maximum Gasteiger partial charge on any atom is 0.282 e. The van der Waals surface area contributed by atoms with E-state index in [9.17, 15) is 8.42 Å². The van der Waals surface area contributed by atoms with Crippen LogP contribution < -0.4 is 5.32 Å². The predicted molar refractivity (Wildman–Crippen MR) is 68.0 cm³/mol. The molecule has 2 aliphatic heterocycles. The highest BCUT2D eigenvalue weighted by molar-refractivity contribution is 7.86. The number of likely N-dealkylation sites (N-methyl/N-ethyl adjacent to an activating group) is 1. The first-order valence-electron chi connectivity index (χ1n) is 6.56. The number of piperidine rings is 1. The molecule has 2 saturated heterocycles. The summed E-state index contributed by atoms with van der Waals surface area (Å²) < 4.78 is 28.5. The Morgan fingerprint density at radius 2 is 2.06 bits per heavy atom. The molecule has 2 aliphatic rings. The molecule has 0 aliphatic carbocycles. The van der Waals surface area contributed by atoms with Gasteiger partial charge in [0.2, 0.25) is 0 Å². The van der Waals surface area contributed by atoms with Gasteiger partial charge in [0.05, 0.1) is 6.04 Å². The average Bonchev–Trinajstić information content (AvgIpc) is 2.23. The Labute approximate surface area is 104 Å². The van der Waals surface area contributed by atoms with Crippen molar-refractivity contribution < 1.29 is 8.42 Å². The van der Waals surface area contributed by atoms with Crippen molar-refractivity contribution in [1.29, 1.82) is 0 Å². The molecule has 1 atom stereocenters. The molecule has 0 bridgehead atoms. The van der Waals surface area contributed by atoms with Crippen LogP contribution in [0.5, 0.6) is 0 Å². The summed E-state index contributed by atoms with van der Waals surface area (Å²) >= 11 is 0. The van der Waals surface area contributed by atoms with Crippen LogP contribution in [-0.4, -0.2) is 55.3 Å². The lowest BCUT2D eigenvalue weighted by atomic mass is 10.1. The fraction of sp³-hybridized carbons (Fsp3) is 1.00. The number of hydrogen-bond acceptors (Lipinski definition) is 3. The minimum atomic E-state index is -3.26. The third kappa shape index (κ3) is 2.50. The molecule has 0 spiro atoms. The van der Waals surface area contributed by atoms with Crippen molar-refractivity contribution in [2.24, 2.45) is 0 Å². The van der Waals surface area contributed by atoms with Gasteiger partial charge in [0.15, 0.2) is 0 Å². The van der Waals surface area contributed by atoms with Crippen LogP contribution >= 0.6 is 0 Å². The number of rotatable bonds is 4. The first-order valence-corrected chi connectivity index (χ1v) is 7.96. The van der Waals surface area contributed by atoms with Crippen LogP contribution in [-0.2, 0) is 10.2 Å². The van der Waals surface area contributed by atoms with E-state index in [1.165, 1.54) is 0 Å². The molecule has 2 fully saturated rings. The van der Waals surface area contributed by atoms with E-state index in [4.69, 9.17) is 0 Å². The molecule has 6 heteroatoms. The maximum absolute atomic E-state index is 12.6. The Balaban J connectivity index is 2.14. The van der Waals surface area contributed by atoms with Crippen LogP contribution in [0.3, 0.4) is 0 Å². The van der Waals surface area contributed by atoms with Crippen LogP contribution in [0.4, 0.5) is 0 Å². The second-order valence-corrected chi connectivity index (χ2v) is 6.81. The molecule has 0 amide bonds. The molecular weight excluding hydrogens is 238 g/mol. The van der Waals surface area contributed by atoms with Gasteiger partial charge in [0.25, 0.3) is 10.2 Å². The van der Waals surface area contributed by atoms with Gasteiger partial charge in [-0.05, 0) is 19.8 Å². The summed E-state index contributed by atoms with van der Waals surface area (Å²) in [5.74, 6) is 0. The highest BCUT2D eigenvalue weighted by Gasteiger charge is 2.39. The first-order chi connectivity index (χ1) is 8.07. The Morgan fingerprint density at radius 1 is 1.35 bits per heavy atom. The molecule has 100 valence electrons. The van der Waals surface area contributed by atoms with E-state index in [-0.39, 0.29) is 12.1 Å². The first kappa shape index (κ1) is 13.3. The van der Waals surface area contributed by atoms with Crippen molar-refractivity contribution in [1.82, 2.24) is 13.9 Å². The van der Waals surface area contributed by atoms with Gasteiger partial charge in [-0.3, -0.25) is 0 Å². The quantitative estimate of drug-likeness (QED) is 0.797. The van der Waals surface area contributed by atoms with E-state index in [1.54, 1.807) is 8.61 Å². The van der Waals surface area contributed by atoms with Crippen molar-refractivity contribution in [2.45, 2.75) is 45.2 Å².